The molecule has 3 nitrogen and oxygen atoms in total. The number of nitrogens with two attached hydrogens (primary N) is 1. The fourth-order valence-electron chi connectivity index (χ4n) is 2.11. The third kappa shape index (κ3) is 2.49. The maximum Gasteiger partial charge on any atom is 0.0693 e. The van der Waals surface area contributed by atoms with Crippen LogP contribution in [0.25, 0.3) is 0 Å². The van der Waals surface area contributed by atoms with Crippen LogP contribution >= 0.6 is 0 Å². The molecule has 1 saturated carbocycles. The maximum absolute atomic E-state index is 9.64. The third-order valence-corrected chi connectivity index (χ3v) is 3.09. The van der Waals surface area contributed by atoms with Crippen LogP contribution in [0.2, 0.25) is 0 Å². The second-order valence-corrected chi connectivity index (χ2v) is 4.18. The average molecular weight is 206 g/mol. The Bertz CT molecular complexity index is 327. The molecule has 15 heavy (non-hydrogen) atoms. The summed E-state index contributed by atoms with van der Waals surface area (Å²) in [6.07, 6.45) is 2.91. The second kappa shape index (κ2) is 4.64. The summed E-state index contributed by atoms with van der Waals surface area (Å²) in [5.41, 5.74) is 7.76. The van der Waals surface area contributed by atoms with Crippen molar-refractivity contribution < 1.29 is 5.11 Å². The van der Waals surface area contributed by atoms with Gasteiger partial charge in [-0.1, -0.05) is 18.2 Å². The molecule has 1 aliphatic rings. The highest BCUT2D eigenvalue weighted by atomic mass is 16.3. The van der Waals surface area contributed by atoms with E-state index in [1.54, 1.807) is 0 Å². The van der Waals surface area contributed by atoms with Crippen molar-refractivity contribution in [3.8, 4) is 0 Å². The molecule has 1 fully saturated rings. The van der Waals surface area contributed by atoms with Crippen LogP contribution in [0.1, 0.15) is 24.8 Å². The first-order valence-electron chi connectivity index (χ1n) is 5.52. The molecule has 0 spiro atoms. The highest BCUT2D eigenvalue weighted by Gasteiger charge is 2.24. The predicted molar refractivity (Wildman–Crippen MR) is 61.3 cm³/mol. The van der Waals surface area contributed by atoms with Crippen molar-refractivity contribution in [1.82, 2.24) is 5.32 Å². The summed E-state index contributed by atoms with van der Waals surface area (Å²) in [6, 6.07) is 8.08. The van der Waals surface area contributed by atoms with E-state index in [0.717, 1.165) is 37.1 Å². The molecular formula is C12H18N2O. The van der Waals surface area contributed by atoms with Gasteiger partial charge in [0.25, 0.3) is 0 Å². The van der Waals surface area contributed by atoms with Gasteiger partial charge in [0.05, 0.1) is 6.10 Å². The molecule has 0 saturated heterocycles. The lowest BCUT2D eigenvalue weighted by atomic mass is 10.1. The van der Waals surface area contributed by atoms with Crippen molar-refractivity contribution in [1.29, 1.82) is 0 Å². The quantitative estimate of drug-likeness (QED) is 0.653. The maximum atomic E-state index is 9.64. The number of para-hydroxylation sites is 1. The van der Waals surface area contributed by atoms with Crippen LogP contribution in [0.15, 0.2) is 24.3 Å². The molecule has 0 heterocycles. The molecule has 1 aliphatic carbocycles. The standard InChI is InChI=1S/C12H18N2O/c13-10-5-2-1-4-9(10)8-14-11-6-3-7-12(11)15/h1-2,4-5,11-12,14-15H,3,6-8,13H2/t11-,12-/m1/s1. The SMILES string of the molecule is Nc1ccccc1CN[C@@H]1CCC[C@H]1O. The van der Waals surface area contributed by atoms with E-state index in [9.17, 15) is 5.11 Å². The van der Waals surface area contributed by atoms with Gasteiger partial charge in [0, 0.05) is 18.3 Å². The zero-order valence-corrected chi connectivity index (χ0v) is 8.82. The van der Waals surface area contributed by atoms with Crippen molar-refractivity contribution in [3.05, 3.63) is 29.8 Å². The van der Waals surface area contributed by atoms with Gasteiger partial charge in [0.1, 0.15) is 0 Å². The molecule has 2 rings (SSSR count). The first-order chi connectivity index (χ1) is 7.27. The topological polar surface area (TPSA) is 58.3 Å². The summed E-state index contributed by atoms with van der Waals surface area (Å²) in [4.78, 5) is 0. The van der Waals surface area contributed by atoms with Crippen molar-refractivity contribution in [3.63, 3.8) is 0 Å². The van der Waals surface area contributed by atoms with Crippen LogP contribution in [0.3, 0.4) is 0 Å². The minimum absolute atomic E-state index is 0.185. The van der Waals surface area contributed by atoms with Crippen molar-refractivity contribution in [2.24, 2.45) is 0 Å². The minimum Gasteiger partial charge on any atom is -0.398 e. The normalized spacial score (nSPS) is 25.7. The smallest absolute Gasteiger partial charge is 0.0693 e. The Labute approximate surface area is 90.3 Å². The van der Waals surface area contributed by atoms with E-state index in [1.165, 1.54) is 0 Å². The molecule has 0 aliphatic heterocycles. The lowest BCUT2D eigenvalue weighted by molar-refractivity contribution is 0.148. The highest BCUT2D eigenvalue weighted by Crippen LogP contribution is 2.19. The average Bonchev–Trinajstić information content (AvgIpc) is 2.63. The summed E-state index contributed by atoms with van der Waals surface area (Å²) in [7, 11) is 0. The van der Waals surface area contributed by atoms with Gasteiger partial charge >= 0.3 is 0 Å². The Morgan fingerprint density at radius 3 is 2.80 bits per heavy atom. The molecule has 3 heteroatoms. The summed E-state index contributed by atoms with van der Waals surface area (Å²) in [5, 5.41) is 13.0. The number of nitrogens with one attached hydrogen (secondary N) is 1. The monoisotopic (exact) mass is 206 g/mol. The Morgan fingerprint density at radius 1 is 1.33 bits per heavy atom. The minimum atomic E-state index is -0.185. The number of anilines is 1. The molecule has 0 aromatic heterocycles. The Morgan fingerprint density at radius 2 is 2.13 bits per heavy atom. The third-order valence-electron chi connectivity index (χ3n) is 3.09. The van der Waals surface area contributed by atoms with E-state index in [0.29, 0.717) is 0 Å². The predicted octanol–water partition coefficient (Wildman–Crippen LogP) is 1.27. The summed E-state index contributed by atoms with van der Waals surface area (Å²) < 4.78 is 0. The number of aliphatic hydroxyl groups is 1. The van der Waals surface area contributed by atoms with E-state index < -0.39 is 0 Å². The Kier molecular flexibility index (Phi) is 3.23. The zero-order chi connectivity index (χ0) is 10.7. The van der Waals surface area contributed by atoms with Crippen LogP contribution in [0.4, 0.5) is 5.69 Å². The van der Waals surface area contributed by atoms with Gasteiger partial charge in [-0.2, -0.15) is 0 Å². The molecule has 82 valence electrons. The Balaban J connectivity index is 1.90. The van der Waals surface area contributed by atoms with Crippen LogP contribution in [-0.4, -0.2) is 17.3 Å². The van der Waals surface area contributed by atoms with Gasteiger partial charge < -0.3 is 16.2 Å². The first kappa shape index (κ1) is 10.5. The van der Waals surface area contributed by atoms with Crippen LogP contribution in [-0.2, 0) is 6.54 Å². The van der Waals surface area contributed by atoms with Crippen LogP contribution in [0.5, 0.6) is 0 Å². The fraction of sp³-hybridized carbons (Fsp3) is 0.500. The summed E-state index contributed by atoms with van der Waals surface area (Å²) in [6.45, 7) is 0.744. The van der Waals surface area contributed by atoms with Crippen molar-refractivity contribution in [2.45, 2.75) is 38.0 Å². The van der Waals surface area contributed by atoms with Gasteiger partial charge in [-0.05, 0) is 30.9 Å². The van der Waals surface area contributed by atoms with Crippen molar-refractivity contribution in [2.75, 3.05) is 5.73 Å². The molecule has 1 aromatic carbocycles. The number of hydrogen-bond donors (Lipinski definition) is 3. The largest absolute Gasteiger partial charge is 0.398 e. The van der Waals surface area contributed by atoms with E-state index in [-0.39, 0.29) is 12.1 Å². The lowest BCUT2D eigenvalue weighted by Gasteiger charge is -2.17. The van der Waals surface area contributed by atoms with Gasteiger partial charge in [-0.25, -0.2) is 0 Å². The zero-order valence-electron chi connectivity index (χ0n) is 8.82. The van der Waals surface area contributed by atoms with Gasteiger partial charge in [-0.15, -0.1) is 0 Å². The van der Waals surface area contributed by atoms with Crippen LogP contribution in [0, 0.1) is 0 Å². The van der Waals surface area contributed by atoms with Gasteiger partial charge in [-0.3, -0.25) is 0 Å². The first-order valence-corrected chi connectivity index (χ1v) is 5.52. The van der Waals surface area contributed by atoms with E-state index in [4.69, 9.17) is 5.73 Å². The fourth-order valence-corrected chi connectivity index (χ4v) is 2.11. The second-order valence-electron chi connectivity index (χ2n) is 4.18. The number of aliphatic hydroxyl groups excluding tert-OH is 1. The molecule has 0 unspecified atom stereocenters. The van der Waals surface area contributed by atoms with Gasteiger partial charge in [0.15, 0.2) is 0 Å². The highest BCUT2D eigenvalue weighted by molar-refractivity contribution is 5.46. The van der Waals surface area contributed by atoms with E-state index in [1.807, 2.05) is 24.3 Å². The van der Waals surface area contributed by atoms with E-state index >= 15 is 0 Å². The molecule has 0 radical (unpaired) electrons. The van der Waals surface area contributed by atoms with E-state index in [2.05, 4.69) is 5.32 Å². The number of nitrogen functional groups attached to an aromatic ring is 1. The summed E-state index contributed by atoms with van der Waals surface area (Å²) in [5.74, 6) is 0. The van der Waals surface area contributed by atoms with Gasteiger partial charge in [0.2, 0.25) is 0 Å². The molecule has 4 N–H and O–H groups in total. The molecule has 0 bridgehead atoms. The Hall–Kier alpha value is -1.06. The number of rotatable bonds is 3. The molecule has 1 aromatic rings. The molecular weight excluding hydrogens is 188 g/mol. The van der Waals surface area contributed by atoms with Crippen molar-refractivity contribution >= 4 is 5.69 Å². The summed E-state index contributed by atoms with van der Waals surface area (Å²) >= 11 is 0. The number of benzene rings is 1. The van der Waals surface area contributed by atoms with Crippen LogP contribution < -0.4 is 11.1 Å². The lowest BCUT2D eigenvalue weighted by Crippen LogP contribution is -2.35. The molecule has 2 atom stereocenters. The number of hydrogen-bond acceptors (Lipinski definition) is 3. The molecule has 0 amide bonds.